The number of piperidine rings is 1. The van der Waals surface area contributed by atoms with Crippen LogP contribution < -0.4 is 5.32 Å². The van der Waals surface area contributed by atoms with Gasteiger partial charge in [0, 0.05) is 23.7 Å². The fourth-order valence-electron chi connectivity index (χ4n) is 3.03. The first-order chi connectivity index (χ1) is 13.9. The molecule has 8 heteroatoms. The first kappa shape index (κ1) is 20.8. The van der Waals surface area contributed by atoms with Crippen LogP contribution in [0, 0.1) is 5.82 Å². The molecule has 1 heterocycles. The maximum absolute atomic E-state index is 13.0. The van der Waals surface area contributed by atoms with Gasteiger partial charge >= 0.3 is 5.97 Å². The summed E-state index contributed by atoms with van der Waals surface area (Å²) in [5.41, 5.74) is 0.421. The zero-order chi connectivity index (χ0) is 20.8. The zero-order valence-electron chi connectivity index (χ0n) is 15.6. The smallest absolute Gasteiger partial charge is 0.340 e. The molecule has 29 heavy (non-hydrogen) atoms. The minimum atomic E-state index is -0.749. The van der Waals surface area contributed by atoms with Crippen LogP contribution in [0.25, 0.3) is 0 Å². The van der Waals surface area contributed by atoms with E-state index in [0.717, 1.165) is 31.4 Å². The highest BCUT2D eigenvalue weighted by molar-refractivity contribution is 6.31. The fourth-order valence-corrected chi connectivity index (χ4v) is 3.21. The van der Waals surface area contributed by atoms with Crippen LogP contribution in [-0.4, -0.2) is 42.4 Å². The number of ether oxygens (including phenoxy) is 1. The van der Waals surface area contributed by atoms with Gasteiger partial charge in [0.05, 0.1) is 11.3 Å². The van der Waals surface area contributed by atoms with Gasteiger partial charge in [-0.2, -0.15) is 0 Å². The molecule has 2 aromatic carbocycles. The van der Waals surface area contributed by atoms with E-state index in [4.69, 9.17) is 16.3 Å². The summed E-state index contributed by atoms with van der Waals surface area (Å²) in [6, 6.07) is 9.28. The number of nitrogens with one attached hydrogen (secondary N) is 1. The number of nitrogens with zero attached hydrogens (tertiary/aromatic N) is 1. The van der Waals surface area contributed by atoms with Crippen LogP contribution in [0.5, 0.6) is 0 Å². The van der Waals surface area contributed by atoms with Gasteiger partial charge in [-0.1, -0.05) is 11.6 Å². The molecular formula is C21H20ClFN2O4. The molecule has 2 aromatic rings. The van der Waals surface area contributed by atoms with Crippen molar-refractivity contribution >= 4 is 35.1 Å². The lowest BCUT2D eigenvalue weighted by Crippen LogP contribution is -2.38. The van der Waals surface area contributed by atoms with Gasteiger partial charge in [-0.25, -0.2) is 9.18 Å². The Morgan fingerprint density at radius 2 is 1.72 bits per heavy atom. The maximum atomic E-state index is 13.0. The molecule has 1 saturated heterocycles. The highest BCUT2D eigenvalue weighted by Gasteiger charge is 2.21. The molecule has 6 nitrogen and oxygen atoms in total. The predicted octanol–water partition coefficient (Wildman–Crippen LogP) is 3.90. The summed E-state index contributed by atoms with van der Waals surface area (Å²) in [4.78, 5) is 38.8. The van der Waals surface area contributed by atoms with Crippen molar-refractivity contribution in [2.45, 2.75) is 19.3 Å². The van der Waals surface area contributed by atoms with Crippen molar-refractivity contribution in [3.63, 3.8) is 0 Å². The number of anilines is 1. The van der Waals surface area contributed by atoms with Crippen molar-refractivity contribution in [1.82, 2.24) is 4.90 Å². The summed E-state index contributed by atoms with van der Waals surface area (Å²) < 4.78 is 18.2. The van der Waals surface area contributed by atoms with Gasteiger partial charge in [0.15, 0.2) is 6.61 Å². The van der Waals surface area contributed by atoms with Gasteiger partial charge in [-0.05, 0) is 61.7 Å². The Morgan fingerprint density at radius 1 is 1.03 bits per heavy atom. The molecule has 3 rings (SSSR count). The van der Waals surface area contributed by atoms with Gasteiger partial charge in [-0.15, -0.1) is 0 Å². The largest absolute Gasteiger partial charge is 0.452 e. The number of esters is 1. The standard InChI is InChI=1S/C21H20ClFN2O4/c22-15-6-9-17(21(28)29-13-19(26)25-10-2-1-3-11-25)18(12-15)24-20(27)14-4-7-16(23)8-5-14/h4-9,12H,1-3,10-11,13H2,(H,24,27). The minimum Gasteiger partial charge on any atom is -0.452 e. The van der Waals surface area contributed by atoms with E-state index in [1.807, 2.05) is 0 Å². The van der Waals surface area contributed by atoms with Gasteiger partial charge in [-0.3, -0.25) is 9.59 Å². The summed E-state index contributed by atoms with van der Waals surface area (Å²) in [5.74, 6) is -2.00. The summed E-state index contributed by atoms with van der Waals surface area (Å²) >= 11 is 5.99. The third-order valence-electron chi connectivity index (χ3n) is 4.59. The van der Waals surface area contributed by atoms with Crippen LogP contribution >= 0.6 is 11.6 Å². The van der Waals surface area contributed by atoms with Gasteiger partial charge in [0.25, 0.3) is 11.8 Å². The molecule has 0 bridgehead atoms. The molecular weight excluding hydrogens is 399 g/mol. The van der Waals surface area contributed by atoms with E-state index in [1.165, 1.54) is 30.3 Å². The number of rotatable bonds is 5. The quantitative estimate of drug-likeness (QED) is 0.747. The first-order valence-electron chi connectivity index (χ1n) is 9.25. The second kappa shape index (κ2) is 9.52. The van der Waals surface area contributed by atoms with E-state index in [2.05, 4.69) is 5.32 Å². The number of amides is 2. The topological polar surface area (TPSA) is 75.7 Å². The average molecular weight is 419 g/mol. The molecule has 0 radical (unpaired) electrons. The Bertz CT molecular complexity index is 911. The number of hydrogen-bond donors (Lipinski definition) is 1. The molecule has 0 aliphatic carbocycles. The van der Waals surface area contributed by atoms with Crippen molar-refractivity contribution < 1.29 is 23.5 Å². The van der Waals surface area contributed by atoms with E-state index in [-0.39, 0.29) is 29.3 Å². The van der Waals surface area contributed by atoms with E-state index >= 15 is 0 Å². The summed E-state index contributed by atoms with van der Waals surface area (Å²) in [6.45, 7) is 0.958. The van der Waals surface area contributed by atoms with Gasteiger partial charge < -0.3 is 15.0 Å². The molecule has 0 atom stereocenters. The molecule has 1 aliphatic rings. The lowest BCUT2D eigenvalue weighted by molar-refractivity contribution is -0.135. The number of carbonyl (C=O) groups excluding carboxylic acids is 3. The number of carbonyl (C=O) groups is 3. The SMILES string of the molecule is O=C(Nc1cc(Cl)ccc1C(=O)OCC(=O)N1CCCCC1)c1ccc(F)cc1. The molecule has 0 unspecified atom stereocenters. The summed E-state index contributed by atoms with van der Waals surface area (Å²) in [7, 11) is 0. The Kier molecular flexibility index (Phi) is 6.82. The van der Waals surface area contributed by atoms with E-state index < -0.39 is 17.7 Å². The summed E-state index contributed by atoms with van der Waals surface area (Å²) in [5, 5.41) is 2.88. The molecule has 1 N–H and O–H groups in total. The van der Waals surface area contributed by atoms with Crippen LogP contribution in [0.4, 0.5) is 10.1 Å². The van der Waals surface area contributed by atoms with Gasteiger partial charge in [0.1, 0.15) is 5.82 Å². The summed E-state index contributed by atoms with van der Waals surface area (Å²) in [6.07, 6.45) is 2.97. The van der Waals surface area contributed by atoms with Crippen molar-refractivity contribution in [3.8, 4) is 0 Å². The molecule has 1 fully saturated rings. The van der Waals surface area contributed by atoms with Crippen LogP contribution in [0.2, 0.25) is 5.02 Å². The monoisotopic (exact) mass is 418 g/mol. The van der Waals surface area contributed by atoms with Crippen LogP contribution in [0.15, 0.2) is 42.5 Å². The second-order valence-electron chi connectivity index (χ2n) is 6.67. The lowest BCUT2D eigenvalue weighted by atomic mass is 10.1. The van der Waals surface area contributed by atoms with Crippen LogP contribution in [0.1, 0.15) is 40.0 Å². The van der Waals surface area contributed by atoms with Crippen LogP contribution in [-0.2, 0) is 9.53 Å². The molecule has 0 saturated carbocycles. The molecule has 1 aliphatic heterocycles. The third kappa shape index (κ3) is 5.54. The van der Waals surface area contributed by atoms with Crippen LogP contribution in [0.3, 0.4) is 0 Å². The van der Waals surface area contributed by atoms with E-state index in [0.29, 0.717) is 18.1 Å². The van der Waals surface area contributed by atoms with E-state index in [9.17, 15) is 18.8 Å². The Balaban J connectivity index is 1.68. The van der Waals surface area contributed by atoms with Crippen molar-refractivity contribution in [2.75, 3.05) is 25.0 Å². The highest BCUT2D eigenvalue weighted by Crippen LogP contribution is 2.23. The number of halogens is 2. The van der Waals surface area contributed by atoms with Gasteiger partial charge in [0.2, 0.25) is 0 Å². The minimum absolute atomic E-state index is 0.0660. The second-order valence-corrected chi connectivity index (χ2v) is 7.10. The molecule has 2 amide bonds. The normalized spacial score (nSPS) is 13.7. The number of likely N-dealkylation sites (tertiary alicyclic amines) is 1. The average Bonchev–Trinajstić information content (AvgIpc) is 2.73. The van der Waals surface area contributed by atoms with Crippen molar-refractivity contribution in [2.24, 2.45) is 0 Å². The lowest BCUT2D eigenvalue weighted by Gasteiger charge is -2.26. The van der Waals surface area contributed by atoms with Crippen molar-refractivity contribution in [3.05, 3.63) is 64.4 Å². The molecule has 152 valence electrons. The molecule has 0 spiro atoms. The first-order valence-corrected chi connectivity index (χ1v) is 9.63. The highest BCUT2D eigenvalue weighted by atomic mass is 35.5. The van der Waals surface area contributed by atoms with E-state index in [1.54, 1.807) is 4.90 Å². The number of benzene rings is 2. The molecule has 0 aromatic heterocycles. The number of hydrogen-bond acceptors (Lipinski definition) is 4. The Morgan fingerprint density at radius 3 is 2.41 bits per heavy atom. The maximum Gasteiger partial charge on any atom is 0.340 e. The zero-order valence-corrected chi connectivity index (χ0v) is 16.4. The Labute approximate surface area is 172 Å². The van der Waals surface area contributed by atoms with Crippen molar-refractivity contribution in [1.29, 1.82) is 0 Å². The third-order valence-corrected chi connectivity index (χ3v) is 4.83. The Hall–Kier alpha value is -2.93. The predicted molar refractivity (Wildman–Crippen MR) is 107 cm³/mol. The fraction of sp³-hybridized carbons (Fsp3) is 0.286.